The minimum absolute atomic E-state index is 0.0979. The Morgan fingerprint density at radius 1 is 1.15 bits per heavy atom. The zero-order valence-electron chi connectivity index (χ0n) is 14.9. The van der Waals surface area contributed by atoms with E-state index in [0.717, 1.165) is 12.8 Å². The highest BCUT2D eigenvalue weighted by Gasteiger charge is 2.35. The van der Waals surface area contributed by atoms with Gasteiger partial charge >= 0.3 is 0 Å². The van der Waals surface area contributed by atoms with Gasteiger partial charge in [-0.15, -0.1) is 0 Å². The molecule has 1 saturated heterocycles. The third-order valence-electron chi connectivity index (χ3n) is 4.95. The van der Waals surface area contributed by atoms with E-state index >= 15 is 0 Å². The Hall–Kier alpha value is -2.04. The molecule has 0 spiro atoms. The Bertz CT molecular complexity index is 729. The third kappa shape index (κ3) is 4.37. The van der Waals surface area contributed by atoms with Crippen LogP contribution in [0.15, 0.2) is 54.6 Å². The minimum atomic E-state index is -0.623. The summed E-state index contributed by atoms with van der Waals surface area (Å²) in [7, 11) is 0. The lowest BCUT2D eigenvalue weighted by Crippen LogP contribution is -2.47. The topological polar surface area (TPSA) is 47.6 Å². The van der Waals surface area contributed by atoms with Crippen LogP contribution in [0, 0.1) is 0 Å². The molecular weight excluding hydrogens is 350 g/mol. The van der Waals surface area contributed by atoms with Gasteiger partial charge in [0.15, 0.2) is 6.10 Å². The lowest BCUT2D eigenvalue weighted by Gasteiger charge is -2.38. The average Bonchev–Trinajstić information content (AvgIpc) is 2.69. The van der Waals surface area contributed by atoms with Gasteiger partial charge in [-0.05, 0) is 37.5 Å². The maximum atomic E-state index is 12.6. The van der Waals surface area contributed by atoms with Crippen molar-refractivity contribution in [1.82, 2.24) is 5.32 Å². The zero-order valence-corrected chi connectivity index (χ0v) is 15.7. The Labute approximate surface area is 159 Å². The molecule has 3 rings (SSSR count). The van der Waals surface area contributed by atoms with Crippen molar-refractivity contribution in [1.29, 1.82) is 0 Å². The maximum Gasteiger partial charge on any atom is 0.260 e. The second kappa shape index (κ2) is 8.56. The molecule has 1 aliphatic heterocycles. The molecule has 1 unspecified atom stereocenters. The van der Waals surface area contributed by atoms with Gasteiger partial charge in [-0.1, -0.05) is 54.1 Å². The highest BCUT2D eigenvalue weighted by Crippen LogP contribution is 2.34. The number of hydrogen-bond acceptors (Lipinski definition) is 3. The number of halogens is 1. The maximum absolute atomic E-state index is 12.6. The number of ether oxygens (including phenoxy) is 2. The van der Waals surface area contributed by atoms with Crippen LogP contribution in [0.25, 0.3) is 0 Å². The van der Waals surface area contributed by atoms with Crippen LogP contribution in [0.4, 0.5) is 0 Å². The number of para-hydroxylation sites is 1. The van der Waals surface area contributed by atoms with Crippen molar-refractivity contribution in [3.05, 3.63) is 65.2 Å². The van der Waals surface area contributed by atoms with E-state index in [1.807, 2.05) is 30.3 Å². The predicted molar refractivity (Wildman–Crippen MR) is 103 cm³/mol. The Morgan fingerprint density at radius 2 is 1.81 bits per heavy atom. The summed E-state index contributed by atoms with van der Waals surface area (Å²) in [6.07, 6.45) is 1.15. The number of nitrogens with one attached hydrogen (secondary N) is 1. The minimum Gasteiger partial charge on any atom is -0.479 e. The van der Waals surface area contributed by atoms with Crippen LogP contribution in [0.1, 0.15) is 25.3 Å². The third-order valence-corrected chi connectivity index (χ3v) is 5.26. The largest absolute Gasteiger partial charge is 0.479 e. The van der Waals surface area contributed by atoms with Crippen LogP contribution in [-0.4, -0.2) is 31.8 Å². The molecule has 1 amide bonds. The number of benzene rings is 2. The van der Waals surface area contributed by atoms with E-state index in [1.54, 1.807) is 19.1 Å². The molecule has 1 atom stereocenters. The first kappa shape index (κ1) is 18.7. The van der Waals surface area contributed by atoms with Crippen molar-refractivity contribution in [3.63, 3.8) is 0 Å². The van der Waals surface area contributed by atoms with E-state index in [1.165, 1.54) is 5.56 Å². The number of rotatable bonds is 6. The van der Waals surface area contributed by atoms with Gasteiger partial charge in [-0.2, -0.15) is 0 Å². The number of hydrogen-bond donors (Lipinski definition) is 1. The van der Waals surface area contributed by atoms with Crippen LogP contribution < -0.4 is 10.1 Å². The predicted octanol–water partition coefficient (Wildman–Crippen LogP) is 3.97. The first-order valence-corrected chi connectivity index (χ1v) is 9.31. The lowest BCUT2D eigenvalue weighted by molar-refractivity contribution is -0.127. The highest BCUT2D eigenvalue weighted by atomic mass is 35.5. The highest BCUT2D eigenvalue weighted by molar-refractivity contribution is 6.32. The second-order valence-electron chi connectivity index (χ2n) is 6.67. The fraction of sp³-hybridized carbons (Fsp3) is 0.381. The van der Waals surface area contributed by atoms with Gasteiger partial charge in [-0.3, -0.25) is 4.79 Å². The first-order valence-electron chi connectivity index (χ1n) is 8.93. The van der Waals surface area contributed by atoms with Gasteiger partial charge in [0.25, 0.3) is 5.91 Å². The summed E-state index contributed by atoms with van der Waals surface area (Å²) in [5.41, 5.74) is 1.14. The Balaban J connectivity index is 1.65. The first-order chi connectivity index (χ1) is 12.6. The van der Waals surface area contributed by atoms with Crippen molar-refractivity contribution in [3.8, 4) is 5.75 Å². The fourth-order valence-corrected chi connectivity index (χ4v) is 3.49. The van der Waals surface area contributed by atoms with Gasteiger partial charge in [0.05, 0.1) is 5.02 Å². The van der Waals surface area contributed by atoms with Crippen LogP contribution in [0.5, 0.6) is 5.75 Å². The van der Waals surface area contributed by atoms with Crippen molar-refractivity contribution < 1.29 is 14.3 Å². The molecule has 0 aromatic heterocycles. The molecule has 1 aliphatic rings. The van der Waals surface area contributed by atoms with Crippen molar-refractivity contribution in [2.45, 2.75) is 31.3 Å². The van der Waals surface area contributed by atoms with Crippen LogP contribution >= 0.6 is 11.6 Å². The molecule has 4 nitrogen and oxygen atoms in total. The van der Waals surface area contributed by atoms with E-state index in [0.29, 0.717) is 30.5 Å². The molecule has 1 fully saturated rings. The molecule has 26 heavy (non-hydrogen) atoms. The van der Waals surface area contributed by atoms with Crippen molar-refractivity contribution >= 4 is 17.5 Å². The molecule has 0 bridgehead atoms. The molecule has 138 valence electrons. The van der Waals surface area contributed by atoms with Crippen molar-refractivity contribution in [2.24, 2.45) is 0 Å². The van der Waals surface area contributed by atoms with Crippen LogP contribution in [-0.2, 0) is 14.9 Å². The number of carbonyl (C=O) groups excluding carboxylic acids is 1. The summed E-state index contributed by atoms with van der Waals surface area (Å²) in [5.74, 6) is 0.368. The summed E-state index contributed by atoms with van der Waals surface area (Å²) in [5, 5.41) is 3.57. The van der Waals surface area contributed by atoms with Crippen LogP contribution in [0.2, 0.25) is 5.02 Å². The van der Waals surface area contributed by atoms with Crippen LogP contribution in [0.3, 0.4) is 0 Å². The Kier molecular flexibility index (Phi) is 6.17. The van der Waals surface area contributed by atoms with E-state index in [-0.39, 0.29) is 11.3 Å². The molecule has 1 heterocycles. The quantitative estimate of drug-likeness (QED) is 0.833. The van der Waals surface area contributed by atoms with E-state index in [9.17, 15) is 4.79 Å². The lowest BCUT2D eigenvalue weighted by atomic mass is 9.74. The molecule has 1 N–H and O–H groups in total. The fourth-order valence-electron chi connectivity index (χ4n) is 3.31. The SMILES string of the molecule is CC(Oc1ccccc1Cl)C(=O)NCC1(c2ccccc2)CCOCC1. The monoisotopic (exact) mass is 373 g/mol. The zero-order chi connectivity index (χ0) is 18.4. The van der Waals surface area contributed by atoms with Gasteiger partial charge in [-0.25, -0.2) is 0 Å². The Morgan fingerprint density at radius 3 is 2.50 bits per heavy atom. The van der Waals surface area contributed by atoms with Gasteiger partial charge in [0.2, 0.25) is 0 Å². The molecule has 2 aromatic rings. The van der Waals surface area contributed by atoms with Gasteiger partial charge in [0.1, 0.15) is 5.75 Å². The smallest absolute Gasteiger partial charge is 0.260 e. The summed E-state index contributed by atoms with van der Waals surface area (Å²) < 4.78 is 11.3. The summed E-state index contributed by atoms with van der Waals surface area (Å²) in [6.45, 7) is 3.71. The average molecular weight is 374 g/mol. The van der Waals surface area contributed by atoms with E-state index in [2.05, 4.69) is 17.4 Å². The van der Waals surface area contributed by atoms with E-state index in [4.69, 9.17) is 21.1 Å². The summed E-state index contributed by atoms with van der Waals surface area (Å²) in [4.78, 5) is 12.6. The molecule has 0 saturated carbocycles. The summed E-state index contributed by atoms with van der Waals surface area (Å²) in [6, 6.07) is 17.5. The number of amides is 1. The molecule has 0 aliphatic carbocycles. The van der Waals surface area contributed by atoms with Gasteiger partial charge < -0.3 is 14.8 Å². The molecule has 5 heteroatoms. The van der Waals surface area contributed by atoms with E-state index < -0.39 is 6.10 Å². The molecule has 0 radical (unpaired) electrons. The summed E-state index contributed by atoms with van der Waals surface area (Å²) >= 11 is 6.10. The molecular formula is C21H24ClNO3. The van der Waals surface area contributed by atoms with Gasteiger partial charge in [0, 0.05) is 25.2 Å². The van der Waals surface area contributed by atoms with Crippen molar-refractivity contribution in [2.75, 3.05) is 19.8 Å². The normalized spacial score (nSPS) is 17.3. The molecule has 2 aromatic carbocycles. The second-order valence-corrected chi connectivity index (χ2v) is 7.07. The standard InChI is InChI=1S/C21H24ClNO3/c1-16(26-19-10-6-5-9-18(19)22)20(24)23-15-21(11-13-25-14-12-21)17-7-3-2-4-8-17/h2-10,16H,11-15H2,1H3,(H,23,24). The number of carbonyl (C=O) groups is 1.